The van der Waals surface area contributed by atoms with Crippen molar-refractivity contribution >= 4 is 31.3 Å². The van der Waals surface area contributed by atoms with Crippen molar-refractivity contribution in [1.29, 1.82) is 0 Å². The number of aldehydes is 1. The molecule has 5 heteroatoms. The number of carbonyl (C=O) groups excluding carboxylic acids is 2. The standard InChI is InChI=1S/C25H32O4Si/c1-17(2)25(3,4)30(5,6)21-15-14-20(24(28)29)22(19(21)13-10-16-26)23(27)18-11-8-7-9-12-18/h7-9,11-12,14-17H,10,13H2,1-6H3,(H,28,29). The summed E-state index contributed by atoms with van der Waals surface area (Å²) in [5, 5.41) is 10.9. The van der Waals surface area contributed by atoms with E-state index in [-0.39, 0.29) is 28.4 Å². The van der Waals surface area contributed by atoms with E-state index < -0.39 is 14.0 Å². The Bertz CT molecular complexity index is 943. The van der Waals surface area contributed by atoms with Crippen molar-refractivity contribution in [2.24, 2.45) is 5.92 Å². The molecule has 0 fully saturated rings. The summed E-state index contributed by atoms with van der Waals surface area (Å²) in [5.41, 5.74) is 1.40. The highest BCUT2D eigenvalue weighted by atomic mass is 28.3. The second-order valence-corrected chi connectivity index (χ2v) is 14.3. The number of carboxylic acid groups (broad SMARTS) is 1. The molecule has 160 valence electrons. The van der Waals surface area contributed by atoms with Gasteiger partial charge in [-0.25, -0.2) is 4.79 Å². The van der Waals surface area contributed by atoms with E-state index >= 15 is 0 Å². The quantitative estimate of drug-likeness (QED) is 0.345. The molecule has 0 unspecified atom stereocenters. The summed E-state index contributed by atoms with van der Waals surface area (Å²) in [6.07, 6.45) is 1.44. The molecule has 0 saturated heterocycles. The third-order valence-electron chi connectivity index (χ3n) is 7.05. The lowest BCUT2D eigenvalue weighted by Gasteiger charge is -2.45. The van der Waals surface area contributed by atoms with Crippen molar-refractivity contribution < 1.29 is 19.5 Å². The lowest BCUT2D eigenvalue weighted by atomic mass is 9.91. The van der Waals surface area contributed by atoms with Gasteiger partial charge in [0.1, 0.15) is 6.29 Å². The minimum Gasteiger partial charge on any atom is -0.478 e. The normalized spacial score (nSPS) is 12.1. The molecule has 0 aliphatic rings. The van der Waals surface area contributed by atoms with Crippen molar-refractivity contribution in [3.8, 4) is 0 Å². The summed E-state index contributed by atoms with van der Waals surface area (Å²) < 4.78 is 0. The highest BCUT2D eigenvalue weighted by molar-refractivity contribution is 6.92. The van der Waals surface area contributed by atoms with Gasteiger partial charge in [0.2, 0.25) is 0 Å². The van der Waals surface area contributed by atoms with Crippen LogP contribution in [0.15, 0.2) is 42.5 Å². The highest BCUT2D eigenvalue weighted by Crippen LogP contribution is 2.44. The lowest BCUT2D eigenvalue weighted by Crippen LogP contribution is -2.54. The Balaban J connectivity index is 2.87. The molecular weight excluding hydrogens is 392 g/mol. The summed E-state index contributed by atoms with van der Waals surface area (Å²) in [6, 6.07) is 12.2. The fourth-order valence-electron chi connectivity index (χ4n) is 3.94. The molecule has 2 rings (SSSR count). The molecule has 0 saturated carbocycles. The Morgan fingerprint density at radius 3 is 2.17 bits per heavy atom. The molecular formula is C25H32O4Si. The monoisotopic (exact) mass is 424 g/mol. The van der Waals surface area contributed by atoms with E-state index in [1.165, 1.54) is 0 Å². The SMILES string of the molecule is CC(C)C(C)(C)[Si](C)(C)c1ccc(C(=O)O)c(C(=O)c2ccccc2)c1CCC=O. The van der Waals surface area contributed by atoms with Crippen LogP contribution in [0.3, 0.4) is 0 Å². The van der Waals surface area contributed by atoms with Gasteiger partial charge in [-0.15, -0.1) is 0 Å². The minimum atomic E-state index is -2.16. The molecule has 0 heterocycles. The average molecular weight is 425 g/mol. The first-order valence-electron chi connectivity index (χ1n) is 10.4. The predicted molar refractivity (Wildman–Crippen MR) is 124 cm³/mol. The maximum atomic E-state index is 13.5. The van der Waals surface area contributed by atoms with E-state index in [0.717, 1.165) is 17.0 Å². The molecule has 0 radical (unpaired) electrons. The second kappa shape index (κ2) is 9.09. The molecule has 2 aromatic carbocycles. The van der Waals surface area contributed by atoms with Crippen LogP contribution in [-0.4, -0.2) is 31.2 Å². The van der Waals surface area contributed by atoms with Crippen molar-refractivity contribution in [1.82, 2.24) is 0 Å². The largest absolute Gasteiger partial charge is 0.478 e. The van der Waals surface area contributed by atoms with Crippen LogP contribution in [-0.2, 0) is 11.2 Å². The molecule has 0 spiro atoms. The summed E-state index contributed by atoms with van der Waals surface area (Å²) in [4.78, 5) is 36.7. The molecule has 0 aromatic heterocycles. The van der Waals surface area contributed by atoms with Crippen LogP contribution in [0.2, 0.25) is 18.1 Å². The molecule has 30 heavy (non-hydrogen) atoms. The molecule has 0 atom stereocenters. The van der Waals surface area contributed by atoms with E-state index in [2.05, 4.69) is 40.8 Å². The zero-order valence-corrected chi connectivity index (χ0v) is 19.8. The second-order valence-electron chi connectivity index (χ2n) is 9.22. The van der Waals surface area contributed by atoms with Crippen LogP contribution in [0, 0.1) is 5.92 Å². The zero-order chi connectivity index (χ0) is 22.7. The molecule has 2 aromatic rings. The smallest absolute Gasteiger partial charge is 0.336 e. The van der Waals surface area contributed by atoms with Gasteiger partial charge >= 0.3 is 5.97 Å². The maximum absolute atomic E-state index is 13.5. The van der Waals surface area contributed by atoms with E-state index in [1.54, 1.807) is 30.3 Å². The number of hydrogen-bond acceptors (Lipinski definition) is 3. The number of benzene rings is 2. The number of carboxylic acids is 1. The fraction of sp³-hybridized carbons (Fsp3) is 0.400. The molecule has 0 bridgehead atoms. The summed E-state index contributed by atoms with van der Waals surface area (Å²) >= 11 is 0. The Kier molecular flexibility index (Phi) is 7.19. The van der Waals surface area contributed by atoms with Gasteiger partial charge in [0.25, 0.3) is 0 Å². The number of rotatable bonds is 9. The Hall–Kier alpha value is -2.53. The lowest BCUT2D eigenvalue weighted by molar-refractivity contribution is -0.107. The van der Waals surface area contributed by atoms with Crippen LogP contribution < -0.4 is 5.19 Å². The molecule has 0 aliphatic carbocycles. The molecule has 1 N–H and O–H groups in total. The maximum Gasteiger partial charge on any atom is 0.336 e. The number of aromatic carboxylic acids is 1. The van der Waals surface area contributed by atoms with Crippen molar-refractivity contribution in [3.05, 3.63) is 64.7 Å². The van der Waals surface area contributed by atoms with Crippen molar-refractivity contribution in [3.63, 3.8) is 0 Å². The summed E-state index contributed by atoms with van der Waals surface area (Å²) in [7, 11) is -2.16. The van der Waals surface area contributed by atoms with Crippen LogP contribution in [0.1, 0.15) is 66.0 Å². The van der Waals surface area contributed by atoms with Crippen LogP contribution in [0.4, 0.5) is 0 Å². The summed E-state index contributed by atoms with van der Waals surface area (Å²) in [5.74, 6) is -1.02. The van der Waals surface area contributed by atoms with E-state index in [0.29, 0.717) is 17.9 Å². The highest BCUT2D eigenvalue weighted by Gasteiger charge is 2.44. The van der Waals surface area contributed by atoms with Crippen molar-refractivity contribution in [2.75, 3.05) is 0 Å². The Morgan fingerprint density at radius 1 is 1.07 bits per heavy atom. The van der Waals surface area contributed by atoms with Gasteiger partial charge in [0.15, 0.2) is 5.78 Å². The van der Waals surface area contributed by atoms with Crippen LogP contribution in [0.25, 0.3) is 0 Å². The first-order chi connectivity index (χ1) is 14.0. The topological polar surface area (TPSA) is 71.4 Å². The first-order valence-corrected chi connectivity index (χ1v) is 13.4. The van der Waals surface area contributed by atoms with Gasteiger partial charge in [-0.2, -0.15) is 0 Å². The van der Waals surface area contributed by atoms with Crippen LogP contribution in [0.5, 0.6) is 0 Å². The Morgan fingerprint density at radius 2 is 1.67 bits per heavy atom. The van der Waals surface area contributed by atoms with E-state index in [1.807, 2.05) is 12.1 Å². The fourth-order valence-corrected chi connectivity index (χ4v) is 7.58. The van der Waals surface area contributed by atoms with Gasteiger partial charge in [-0.3, -0.25) is 4.79 Å². The van der Waals surface area contributed by atoms with Gasteiger partial charge in [-0.1, -0.05) is 82.4 Å². The predicted octanol–water partition coefficient (Wildman–Crippen LogP) is 5.10. The number of hydrogen-bond donors (Lipinski definition) is 1. The number of ketones is 1. The minimum absolute atomic E-state index is 0.000607. The Labute approximate surface area is 180 Å². The van der Waals surface area contributed by atoms with Gasteiger partial charge in [0.05, 0.1) is 13.6 Å². The van der Waals surface area contributed by atoms with E-state index in [9.17, 15) is 19.5 Å². The zero-order valence-electron chi connectivity index (χ0n) is 18.8. The molecule has 0 amide bonds. The molecule has 0 aliphatic heterocycles. The van der Waals surface area contributed by atoms with Crippen LogP contribution >= 0.6 is 0 Å². The van der Waals surface area contributed by atoms with Crippen molar-refractivity contribution in [2.45, 2.75) is 58.7 Å². The first kappa shape index (κ1) is 23.7. The van der Waals surface area contributed by atoms with Gasteiger partial charge < -0.3 is 9.90 Å². The van der Waals surface area contributed by atoms with Gasteiger partial charge in [-0.05, 0) is 29.0 Å². The van der Waals surface area contributed by atoms with Gasteiger partial charge in [0, 0.05) is 17.5 Å². The third kappa shape index (κ3) is 4.31. The number of carbonyl (C=O) groups is 3. The average Bonchev–Trinajstić information content (AvgIpc) is 2.71. The molecule has 4 nitrogen and oxygen atoms in total. The third-order valence-corrected chi connectivity index (χ3v) is 12.7. The summed E-state index contributed by atoms with van der Waals surface area (Å²) in [6.45, 7) is 13.4. The van der Waals surface area contributed by atoms with E-state index in [4.69, 9.17) is 0 Å².